The van der Waals surface area contributed by atoms with Crippen molar-refractivity contribution in [3.05, 3.63) is 48.0 Å². The minimum Gasteiger partial charge on any atom is -0.398 e. The molecule has 0 saturated carbocycles. The number of nitrogens with two attached hydrogens (primary N) is 1. The normalized spacial score (nSPS) is 15.5. The fraction of sp³-hybridized carbons (Fsp3) is 0.350. The lowest BCUT2D eigenvalue weighted by atomic mass is 9.87. The van der Waals surface area contributed by atoms with E-state index in [1.165, 1.54) is 19.3 Å². The van der Waals surface area contributed by atoms with Gasteiger partial charge < -0.3 is 11.1 Å². The van der Waals surface area contributed by atoms with Gasteiger partial charge in [-0.05, 0) is 29.7 Å². The van der Waals surface area contributed by atoms with Crippen LogP contribution in [0.25, 0.3) is 11.1 Å². The van der Waals surface area contributed by atoms with Crippen LogP contribution in [0.2, 0.25) is 0 Å². The van der Waals surface area contributed by atoms with E-state index in [9.17, 15) is 4.79 Å². The van der Waals surface area contributed by atoms with Gasteiger partial charge in [-0.1, -0.05) is 62.9 Å². The molecule has 0 radical (unpaired) electrons. The Bertz CT molecular complexity index is 715. The van der Waals surface area contributed by atoms with Crippen LogP contribution in [0, 0.1) is 0 Å². The minimum absolute atomic E-state index is 0. The average molecular weight is 345 g/mol. The highest BCUT2D eigenvalue weighted by Crippen LogP contribution is 2.42. The topological polar surface area (TPSA) is 55.1 Å². The SMILES string of the molecule is CCCCCCC1C(=O)Nc2cccc(N)c2-c2ccccc21.Cl. The standard InChI is InChI=1S/C20H24N2O.ClH/c1-2-3-4-5-11-16-14-9-6-7-10-15(14)19-17(21)12-8-13-18(19)22-20(16)23;/h6-10,12-13,16H,2-5,11,21H2,1H3,(H,22,23);1H. The van der Waals surface area contributed by atoms with Crippen LogP contribution in [0.4, 0.5) is 11.4 Å². The second-order valence-corrected chi connectivity index (χ2v) is 6.25. The summed E-state index contributed by atoms with van der Waals surface area (Å²) >= 11 is 0. The molecule has 0 fully saturated rings. The van der Waals surface area contributed by atoms with Crippen LogP contribution in [0.15, 0.2) is 42.5 Å². The highest BCUT2D eigenvalue weighted by atomic mass is 35.5. The van der Waals surface area contributed by atoms with Gasteiger partial charge in [0.25, 0.3) is 0 Å². The molecular weight excluding hydrogens is 320 g/mol. The first kappa shape index (κ1) is 18.3. The van der Waals surface area contributed by atoms with Crippen LogP contribution in [-0.2, 0) is 4.79 Å². The van der Waals surface area contributed by atoms with Crippen molar-refractivity contribution in [3.63, 3.8) is 0 Å². The van der Waals surface area contributed by atoms with Crippen LogP contribution in [0.5, 0.6) is 0 Å². The van der Waals surface area contributed by atoms with Crippen LogP contribution >= 0.6 is 12.4 Å². The molecule has 2 aromatic rings. The number of carbonyl (C=O) groups excluding carboxylic acids is 1. The second kappa shape index (κ2) is 8.20. The van der Waals surface area contributed by atoms with Crippen LogP contribution in [-0.4, -0.2) is 5.91 Å². The quantitative estimate of drug-likeness (QED) is 0.566. The van der Waals surface area contributed by atoms with Gasteiger partial charge in [0.2, 0.25) is 5.91 Å². The molecule has 0 aliphatic carbocycles. The third-order valence-corrected chi connectivity index (χ3v) is 4.62. The molecule has 0 aromatic heterocycles. The maximum absolute atomic E-state index is 12.8. The number of nitrogens with one attached hydrogen (secondary N) is 1. The molecule has 1 unspecified atom stereocenters. The molecule has 4 heteroatoms. The number of carbonyl (C=O) groups is 1. The maximum Gasteiger partial charge on any atom is 0.231 e. The van der Waals surface area contributed by atoms with Gasteiger partial charge in [-0.2, -0.15) is 0 Å². The molecule has 128 valence electrons. The molecule has 3 N–H and O–H groups in total. The smallest absolute Gasteiger partial charge is 0.231 e. The largest absolute Gasteiger partial charge is 0.398 e. The summed E-state index contributed by atoms with van der Waals surface area (Å²) in [6.07, 6.45) is 5.57. The summed E-state index contributed by atoms with van der Waals surface area (Å²) in [5.74, 6) is -0.0202. The molecule has 0 saturated heterocycles. The van der Waals surface area contributed by atoms with Gasteiger partial charge >= 0.3 is 0 Å². The highest BCUT2D eigenvalue weighted by molar-refractivity contribution is 6.05. The van der Waals surface area contributed by atoms with Gasteiger partial charge in [0, 0.05) is 11.3 Å². The highest BCUT2D eigenvalue weighted by Gasteiger charge is 2.28. The lowest BCUT2D eigenvalue weighted by molar-refractivity contribution is -0.117. The molecule has 2 aromatic carbocycles. The van der Waals surface area contributed by atoms with Gasteiger partial charge in [0.1, 0.15) is 0 Å². The van der Waals surface area contributed by atoms with Crippen molar-refractivity contribution in [2.45, 2.75) is 44.9 Å². The van der Waals surface area contributed by atoms with Crippen molar-refractivity contribution in [2.75, 3.05) is 11.1 Å². The summed E-state index contributed by atoms with van der Waals surface area (Å²) in [5.41, 5.74) is 10.9. The fourth-order valence-corrected chi connectivity index (χ4v) is 3.43. The number of hydrogen-bond acceptors (Lipinski definition) is 2. The lowest BCUT2D eigenvalue weighted by Crippen LogP contribution is -2.19. The molecule has 1 heterocycles. The molecule has 3 nitrogen and oxygen atoms in total. The number of benzene rings is 2. The Labute approximate surface area is 150 Å². The Morgan fingerprint density at radius 2 is 1.83 bits per heavy atom. The van der Waals surface area contributed by atoms with Crippen molar-refractivity contribution in [1.82, 2.24) is 0 Å². The molecular formula is C20H25ClN2O. The van der Waals surface area contributed by atoms with E-state index in [0.717, 1.165) is 35.2 Å². The Morgan fingerprint density at radius 1 is 1.04 bits per heavy atom. The number of unbranched alkanes of at least 4 members (excludes halogenated alkanes) is 3. The predicted molar refractivity (Wildman–Crippen MR) is 104 cm³/mol. The van der Waals surface area contributed by atoms with Crippen molar-refractivity contribution in [1.29, 1.82) is 0 Å². The third kappa shape index (κ3) is 3.57. The predicted octanol–water partition coefficient (Wildman–Crippen LogP) is 5.36. The van der Waals surface area contributed by atoms with E-state index < -0.39 is 0 Å². The van der Waals surface area contributed by atoms with Gasteiger partial charge in [0.05, 0.1) is 11.6 Å². The summed E-state index contributed by atoms with van der Waals surface area (Å²) < 4.78 is 0. The number of hydrogen-bond donors (Lipinski definition) is 2. The molecule has 1 aliphatic rings. The fourth-order valence-electron chi connectivity index (χ4n) is 3.43. The molecule has 1 atom stereocenters. The van der Waals surface area contributed by atoms with Crippen LogP contribution in [0.1, 0.15) is 50.5 Å². The summed E-state index contributed by atoms with van der Waals surface area (Å²) in [6, 6.07) is 13.9. The number of halogens is 1. The van der Waals surface area contributed by atoms with E-state index in [2.05, 4.69) is 24.4 Å². The summed E-state index contributed by atoms with van der Waals surface area (Å²) in [5, 5.41) is 3.08. The zero-order chi connectivity index (χ0) is 16.2. The van der Waals surface area contributed by atoms with E-state index in [0.29, 0.717) is 5.69 Å². The van der Waals surface area contributed by atoms with Crippen molar-refractivity contribution in [3.8, 4) is 11.1 Å². The molecule has 3 rings (SSSR count). The Hall–Kier alpha value is -2.00. The van der Waals surface area contributed by atoms with Crippen molar-refractivity contribution >= 4 is 29.7 Å². The van der Waals surface area contributed by atoms with E-state index in [1.807, 2.05) is 30.3 Å². The lowest BCUT2D eigenvalue weighted by Gasteiger charge is -2.16. The zero-order valence-electron chi connectivity index (χ0n) is 14.0. The number of rotatable bonds is 5. The molecule has 24 heavy (non-hydrogen) atoms. The second-order valence-electron chi connectivity index (χ2n) is 6.25. The minimum atomic E-state index is -0.102. The molecule has 0 spiro atoms. The van der Waals surface area contributed by atoms with E-state index in [1.54, 1.807) is 0 Å². The summed E-state index contributed by atoms with van der Waals surface area (Å²) in [7, 11) is 0. The van der Waals surface area contributed by atoms with E-state index in [4.69, 9.17) is 5.73 Å². The van der Waals surface area contributed by atoms with Gasteiger partial charge in [-0.25, -0.2) is 0 Å². The van der Waals surface area contributed by atoms with E-state index in [-0.39, 0.29) is 24.2 Å². The summed E-state index contributed by atoms with van der Waals surface area (Å²) in [6.45, 7) is 2.20. The van der Waals surface area contributed by atoms with Crippen LogP contribution in [0.3, 0.4) is 0 Å². The van der Waals surface area contributed by atoms with Gasteiger partial charge in [-0.3, -0.25) is 4.79 Å². The van der Waals surface area contributed by atoms with Crippen molar-refractivity contribution in [2.24, 2.45) is 0 Å². The first-order valence-corrected chi connectivity index (χ1v) is 8.51. The molecule has 1 amide bonds. The Kier molecular flexibility index (Phi) is 6.27. The number of nitrogen functional groups attached to an aromatic ring is 1. The average Bonchev–Trinajstić information content (AvgIpc) is 2.67. The van der Waals surface area contributed by atoms with E-state index >= 15 is 0 Å². The maximum atomic E-state index is 12.8. The Morgan fingerprint density at radius 3 is 2.62 bits per heavy atom. The number of fused-ring (bicyclic) bond motifs is 3. The molecule has 1 aliphatic heterocycles. The van der Waals surface area contributed by atoms with Gasteiger partial charge in [0.15, 0.2) is 0 Å². The Balaban J connectivity index is 0.00000208. The third-order valence-electron chi connectivity index (χ3n) is 4.62. The molecule has 0 bridgehead atoms. The van der Waals surface area contributed by atoms with Crippen LogP contribution < -0.4 is 11.1 Å². The van der Waals surface area contributed by atoms with Gasteiger partial charge in [-0.15, -0.1) is 12.4 Å². The van der Waals surface area contributed by atoms with Crippen molar-refractivity contribution < 1.29 is 4.79 Å². The first-order chi connectivity index (χ1) is 11.2. The zero-order valence-corrected chi connectivity index (χ0v) is 14.9. The number of amides is 1. The summed E-state index contributed by atoms with van der Waals surface area (Å²) in [4.78, 5) is 12.8. The monoisotopic (exact) mass is 344 g/mol. The first-order valence-electron chi connectivity index (χ1n) is 8.51. The number of anilines is 2.